The molecule has 2 aromatic rings. The van der Waals surface area contributed by atoms with Gasteiger partial charge in [-0.15, -0.1) is 0 Å². The number of nitrogens with two attached hydrogens (primary N) is 1. The van der Waals surface area contributed by atoms with Gasteiger partial charge in [-0.25, -0.2) is 0 Å². The van der Waals surface area contributed by atoms with E-state index in [4.69, 9.17) is 5.73 Å². The standard InChI is InChI=1S/C14H19N3O/c1-10(2)16-14(18)9-17-6-5-12-7-11(8-15)3-4-13(12)17/h3-7,10H,8-9,15H2,1-2H3,(H,16,18). The van der Waals surface area contributed by atoms with Gasteiger partial charge in [-0.2, -0.15) is 0 Å². The van der Waals surface area contributed by atoms with Gasteiger partial charge in [-0.05, 0) is 43.0 Å². The molecule has 0 saturated carbocycles. The highest BCUT2D eigenvalue weighted by Gasteiger charge is 2.07. The van der Waals surface area contributed by atoms with Crippen LogP contribution in [0.3, 0.4) is 0 Å². The third-order valence-electron chi connectivity index (χ3n) is 2.83. The minimum absolute atomic E-state index is 0.0328. The molecular formula is C14H19N3O. The number of carbonyl (C=O) groups excluding carboxylic acids is 1. The van der Waals surface area contributed by atoms with Crippen molar-refractivity contribution in [1.82, 2.24) is 9.88 Å². The lowest BCUT2D eigenvalue weighted by Crippen LogP contribution is -2.32. The lowest BCUT2D eigenvalue weighted by Gasteiger charge is -2.10. The van der Waals surface area contributed by atoms with E-state index in [1.165, 1.54) is 0 Å². The van der Waals surface area contributed by atoms with Crippen LogP contribution in [0.5, 0.6) is 0 Å². The molecule has 0 unspecified atom stereocenters. The summed E-state index contributed by atoms with van der Waals surface area (Å²) in [5.74, 6) is 0.0328. The first-order valence-corrected chi connectivity index (χ1v) is 6.17. The first-order valence-electron chi connectivity index (χ1n) is 6.17. The molecule has 3 N–H and O–H groups in total. The number of aromatic nitrogens is 1. The van der Waals surface area contributed by atoms with Crippen molar-refractivity contribution < 1.29 is 4.79 Å². The molecular weight excluding hydrogens is 226 g/mol. The minimum Gasteiger partial charge on any atom is -0.352 e. The van der Waals surface area contributed by atoms with Crippen molar-refractivity contribution in [2.75, 3.05) is 0 Å². The summed E-state index contributed by atoms with van der Waals surface area (Å²) in [6, 6.07) is 8.26. The molecule has 0 saturated heterocycles. The molecule has 18 heavy (non-hydrogen) atoms. The predicted octanol–water partition coefficient (Wildman–Crippen LogP) is 1.62. The van der Waals surface area contributed by atoms with Crippen molar-refractivity contribution in [2.24, 2.45) is 5.73 Å². The molecule has 4 nitrogen and oxygen atoms in total. The fourth-order valence-electron chi connectivity index (χ4n) is 2.04. The summed E-state index contributed by atoms with van der Waals surface area (Å²) in [6.07, 6.45) is 1.94. The van der Waals surface area contributed by atoms with Crippen LogP contribution in [0.15, 0.2) is 30.5 Å². The van der Waals surface area contributed by atoms with Gasteiger partial charge in [0.05, 0.1) is 0 Å². The van der Waals surface area contributed by atoms with Gasteiger partial charge in [0.15, 0.2) is 0 Å². The van der Waals surface area contributed by atoms with E-state index in [2.05, 4.69) is 11.4 Å². The Labute approximate surface area is 107 Å². The van der Waals surface area contributed by atoms with Gasteiger partial charge in [0.1, 0.15) is 6.54 Å². The molecule has 0 atom stereocenters. The Morgan fingerprint density at radius 1 is 1.39 bits per heavy atom. The molecule has 96 valence electrons. The third kappa shape index (κ3) is 2.71. The molecule has 0 aliphatic rings. The number of benzene rings is 1. The van der Waals surface area contributed by atoms with E-state index in [0.29, 0.717) is 13.1 Å². The summed E-state index contributed by atoms with van der Waals surface area (Å²) in [4.78, 5) is 11.7. The van der Waals surface area contributed by atoms with E-state index in [9.17, 15) is 4.79 Å². The van der Waals surface area contributed by atoms with Crippen molar-refractivity contribution in [1.29, 1.82) is 0 Å². The Kier molecular flexibility index (Phi) is 3.67. The zero-order valence-electron chi connectivity index (χ0n) is 10.8. The molecule has 1 amide bonds. The van der Waals surface area contributed by atoms with Crippen molar-refractivity contribution >= 4 is 16.8 Å². The van der Waals surface area contributed by atoms with Crippen LogP contribution in [0.1, 0.15) is 19.4 Å². The second kappa shape index (κ2) is 5.23. The first-order chi connectivity index (χ1) is 8.60. The highest BCUT2D eigenvalue weighted by molar-refractivity contribution is 5.83. The largest absolute Gasteiger partial charge is 0.352 e. The van der Waals surface area contributed by atoms with Crippen LogP contribution < -0.4 is 11.1 Å². The minimum atomic E-state index is 0.0328. The van der Waals surface area contributed by atoms with E-state index in [-0.39, 0.29) is 11.9 Å². The molecule has 1 aromatic carbocycles. The fraction of sp³-hybridized carbons (Fsp3) is 0.357. The quantitative estimate of drug-likeness (QED) is 0.860. The fourth-order valence-corrected chi connectivity index (χ4v) is 2.04. The van der Waals surface area contributed by atoms with Gasteiger partial charge in [0, 0.05) is 24.3 Å². The van der Waals surface area contributed by atoms with Crippen LogP contribution in [0.2, 0.25) is 0 Å². The van der Waals surface area contributed by atoms with Crippen molar-refractivity contribution in [3.63, 3.8) is 0 Å². The summed E-state index contributed by atoms with van der Waals surface area (Å²) in [6.45, 7) is 4.80. The number of hydrogen-bond donors (Lipinski definition) is 2. The molecule has 0 spiro atoms. The number of nitrogens with one attached hydrogen (secondary N) is 1. The van der Waals surface area contributed by atoms with Crippen LogP contribution in [-0.4, -0.2) is 16.5 Å². The Balaban J connectivity index is 2.22. The summed E-state index contributed by atoms with van der Waals surface area (Å²) in [5.41, 5.74) is 7.78. The van der Waals surface area contributed by atoms with Crippen LogP contribution in [-0.2, 0) is 17.9 Å². The highest BCUT2D eigenvalue weighted by Crippen LogP contribution is 2.17. The molecule has 2 rings (SSSR count). The summed E-state index contributed by atoms with van der Waals surface area (Å²) in [5, 5.41) is 4.01. The molecule has 1 aromatic heterocycles. The average molecular weight is 245 g/mol. The Morgan fingerprint density at radius 2 is 2.17 bits per heavy atom. The molecule has 0 bridgehead atoms. The van der Waals surface area contributed by atoms with Gasteiger partial charge in [0.25, 0.3) is 0 Å². The molecule has 4 heteroatoms. The smallest absolute Gasteiger partial charge is 0.240 e. The van der Waals surface area contributed by atoms with Gasteiger partial charge < -0.3 is 15.6 Å². The zero-order valence-corrected chi connectivity index (χ0v) is 10.8. The normalized spacial score (nSPS) is 11.1. The second-order valence-electron chi connectivity index (χ2n) is 4.76. The lowest BCUT2D eigenvalue weighted by molar-refractivity contribution is -0.122. The van der Waals surface area contributed by atoms with E-state index < -0.39 is 0 Å². The molecule has 1 heterocycles. The highest BCUT2D eigenvalue weighted by atomic mass is 16.2. The Hall–Kier alpha value is -1.81. The van der Waals surface area contributed by atoms with Gasteiger partial charge >= 0.3 is 0 Å². The summed E-state index contributed by atoms with van der Waals surface area (Å²) < 4.78 is 1.95. The van der Waals surface area contributed by atoms with Gasteiger partial charge in [-0.1, -0.05) is 6.07 Å². The molecule has 0 radical (unpaired) electrons. The molecule has 0 aliphatic heterocycles. The number of fused-ring (bicyclic) bond motifs is 1. The van der Waals surface area contributed by atoms with E-state index >= 15 is 0 Å². The first kappa shape index (κ1) is 12.6. The predicted molar refractivity (Wildman–Crippen MR) is 73.1 cm³/mol. The average Bonchev–Trinajstić information content (AvgIpc) is 2.70. The van der Waals surface area contributed by atoms with Crippen LogP contribution in [0.4, 0.5) is 0 Å². The van der Waals surface area contributed by atoms with Crippen LogP contribution in [0, 0.1) is 0 Å². The number of amides is 1. The maximum atomic E-state index is 11.7. The number of hydrogen-bond acceptors (Lipinski definition) is 2. The van der Waals surface area contributed by atoms with E-state index in [1.54, 1.807) is 0 Å². The topological polar surface area (TPSA) is 60.0 Å². The van der Waals surface area contributed by atoms with Crippen molar-refractivity contribution in [3.05, 3.63) is 36.0 Å². The molecule has 0 aliphatic carbocycles. The molecule has 0 fully saturated rings. The lowest BCUT2D eigenvalue weighted by atomic mass is 10.1. The maximum absolute atomic E-state index is 11.7. The SMILES string of the molecule is CC(C)NC(=O)Cn1ccc2cc(CN)ccc21. The number of carbonyl (C=O) groups is 1. The zero-order chi connectivity index (χ0) is 13.1. The third-order valence-corrected chi connectivity index (χ3v) is 2.83. The monoisotopic (exact) mass is 245 g/mol. The van der Waals surface area contributed by atoms with E-state index in [0.717, 1.165) is 16.5 Å². The summed E-state index contributed by atoms with van der Waals surface area (Å²) in [7, 11) is 0. The Bertz CT molecular complexity index is 557. The van der Waals surface area contributed by atoms with E-state index in [1.807, 2.05) is 42.8 Å². The van der Waals surface area contributed by atoms with Gasteiger partial charge in [-0.3, -0.25) is 4.79 Å². The maximum Gasteiger partial charge on any atom is 0.240 e. The van der Waals surface area contributed by atoms with Crippen molar-refractivity contribution in [3.8, 4) is 0 Å². The number of rotatable bonds is 4. The van der Waals surface area contributed by atoms with Crippen LogP contribution in [0.25, 0.3) is 10.9 Å². The number of nitrogens with zero attached hydrogens (tertiary/aromatic N) is 1. The Morgan fingerprint density at radius 3 is 2.83 bits per heavy atom. The van der Waals surface area contributed by atoms with Gasteiger partial charge in [0.2, 0.25) is 5.91 Å². The van der Waals surface area contributed by atoms with Crippen LogP contribution >= 0.6 is 0 Å². The summed E-state index contributed by atoms with van der Waals surface area (Å²) >= 11 is 0. The second-order valence-corrected chi connectivity index (χ2v) is 4.76. The van der Waals surface area contributed by atoms with Crippen molar-refractivity contribution in [2.45, 2.75) is 33.0 Å².